The van der Waals surface area contributed by atoms with Crippen molar-refractivity contribution in [3.05, 3.63) is 58.0 Å². The first kappa shape index (κ1) is 22.1. The van der Waals surface area contributed by atoms with Crippen LogP contribution < -0.4 is 0 Å². The van der Waals surface area contributed by atoms with Crippen molar-refractivity contribution in [2.45, 2.75) is 39.9 Å². The second-order valence-corrected chi connectivity index (χ2v) is 8.33. The number of benzene rings is 1. The fourth-order valence-corrected chi connectivity index (χ4v) is 3.98. The second-order valence-electron chi connectivity index (χ2n) is 7.89. The highest BCUT2D eigenvalue weighted by atomic mass is 35.5. The minimum absolute atomic E-state index is 0.0248. The third-order valence-corrected chi connectivity index (χ3v) is 5.54. The smallest absolute Gasteiger partial charge is 0.246 e. The molecule has 1 amide bonds. The Labute approximate surface area is 190 Å². The van der Waals surface area contributed by atoms with Crippen LogP contribution in [0, 0.1) is 13.8 Å². The highest BCUT2D eigenvalue weighted by molar-refractivity contribution is 6.30. The van der Waals surface area contributed by atoms with Crippen LogP contribution in [0.3, 0.4) is 0 Å². The van der Waals surface area contributed by atoms with E-state index in [4.69, 9.17) is 16.1 Å². The van der Waals surface area contributed by atoms with Crippen molar-refractivity contribution < 1.29 is 9.32 Å². The highest BCUT2D eigenvalue weighted by Crippen LogP contribution is 2.19. The molecule has 1 fully saturated rings. The summed E-state index contributed by atoms with van der Waals surface area (Å²) in [5, 5.41) is 16.7. The Morgan fingerprint density at radius 2 is 2.12 bits per heavy atom. The summed E-state index contributed by atoms with van der Waals surface area (Å²) < 4.78 is 5.04. The summed E-state index contributed by atoms with van der Waals surface area (Å²) in [6, 6.07) is 5.61. The van der Waals surface area contributed by atoms with Crippen molar-refractivity contribution >= 4 is 23.6 Å². The standard InChI is InChI=1S/C21H25ClN8O2/c1-14-11-28(13-20-23-16(3)32-26-20)8-9-29(14)21(31)7-5-17-4-6-19(22)10-18(17)12-30-25-15(2)24-27-30/h4-7,10,14H,8-9,11-13H2,1-3H3/t14-/m1/s1. The molecule has 0 bridgehead atoms. The minimum Gasteiger partial charge on any atom is -0.340 e. The maximum absolute atomic E-state index is 12.9. The molecular formula is C21H25ClN8O2. The Hall–Kier alpha value is -3.11. The van der Waals surface area contributed by atoms with Crippen LogP contribution in [0.1, 0.15) is 35.6 Å². The fraction of sp³-hybridized carbons (Fsp3) is 0.429. The van der Waals surface area contributed by atoms with Crippen molar-refractivity contribution in [2.24, 2.45) is 0 Å². The van der Waals surface area contributed by atoms with Crippen LogP contribution in [0.4, 0.5) is 0 Å². The van der Waals surface area contributed by atoms with E-state index in [9.17, 15) is 4.79 Å². The molecule has 0 saturated carbocycles. The van der Waals surface area contributed by atoms with Crippen LogP contribution in [0.2, 0.25) is 5.02 Å². The number of amides is 1. The minimum atomic E-state index is -0.0248. The van der Waals surface area contributed by atoms with E-state index in [-0.39, 0.29) is 11.9 Å². The van der Waals surface area contributed by atoms with E-state index in [1.165, 1.54) is 4.80 Å². The quantitative estimate of drug-likeness (QED) is 0.519. The van der Waals surface area contributed by atoms with E-state index in [0.29, 0.717) is 42.2 Å². The second kappa shape index (κ2) is 9.58. The maximum atomic E-state index is 12.9. The van der Waals surface area contributed by atoms with Gasteiger partial charge in [0.1, 0.15) is 0 Å². The predicted molar refractivity (Wildman–Crippen MR) is 118 cm³/mol. The van der Waals surface area contributed by atoms with Crippen molar-refractivity contribution in [2.75, 3.05) is 19.6 Å². The average Bonchev–Trinajstić information content (AvgIpc) is 3.34. The fourth-order valence-electron chi connectivity index (χ4n) is 3.78. The lowest BCUT2D eigenvalue weighted by Crippen LogP contribution is -2.53. The molecule has 0 aliphatic carbocycles. The highest BCUT2D eigenvalue weighted by Gasteiger charge is 2.27. The molecule has 1 aliphatic rings. The van der Waals surface area contributed by atoms with Gasteiger partial charge in [-0.15, -0.1) is 10.2 Å². The number of piperazine rings is 1. The Morgan fingerprint density at radius 1 is 1.28 bits per heavy atom. The van der Waals surface area contributed by atoms with Crippen LogP contribution in [0.15, 0.2) is 28.8 Å². The number of tetrazole rings is 1. The van der Waals surface area contributed by atoms with Gasteiger partial charge in [-0.1, -0.05) is 22.8 Å². The molecule has 11 heteroatoms. The zero-order valence-corrected chi connectivity index (χ0v) is 19.0. The number of halogens is 1. The van der Waals surface area contributed by atoms with Crippen LogP contribution in [0.5, 0.6) is 0 Å². The summed E-state index contributed by atoms with van der Waals surface area (Å²) in [7, 11) is 0. The normalized spacial score (nSPS) is 17.4. The molecule has 3 aromatic rings. The van der Waals surface area contributed by atoms with E-state index in [1.54, 1.807) is 26.0 Å². The van der Waals surface area contributed by atoms with Crippen LogP contribution in [0.25, 0.3) is 6.08 Å². The molecule has 0 unspecified atom stereocenters. The van der Waals surface area contributed by atoms with Gasteiger partial charge in [0.05, 0.1) is 13.1 Å². The van der Waals surface area contributed by atoms with Gasteiger partial charge >= 0.3 is 0 Å². The molecule has 1 aromatic carbocycles. The van der Waals surface area contributed by atoms with Gasteiger partial charge in [-0.25, -0.2) is 0 Å². The van der Waals surface area contributed by atoms with E-state index in [1.807, 2.05) is 30.0 Å². The van der Waals surface area contributed by atoms with Gasteiger partial charge in [0.2, 0.25) is 11.8 Å². The summed E-state index contributed by atoms with van der Waals surface area (Å²) in [6.07, 6.45) is 3.43. The molecule has 2 aromatic heterocycles. The Kier molecular flexibility index (Phi) is 6.61. The molecule has 4 rings (SSSR count). The van der Waals surface area contributed by atoms with Gasteiger partial charge in [-0.05, 0) is 48.4 Å². The van der Waals surface area contributed by atoms with E-state index in [0.717, 1.165) is 24.2 Å². The topological polar surface area (TPSA) is 106 Å². The summed E-state index contributed by atoms with van der Waals surface area (Å²) in [5.41, 5.74) is 1.80. The molecule has 0 radical (unpaired) electrons. The van der Waals surface area contributed by atoms with Crippen LogP contribution >= 0.6 is 11.6 Å². The van der Waals surface area contributed by atoms with Crippen molar-refractivity contribution in [3.8, 4) is 0 Å². The number of carbonyl (C=O) groups excluding carboxylic acids is 1. The number of hydrogen-bond acceptors (Lipinski definition) is 8. The van der Waals surface area contributed by atoms with Crippen LogP contribution in [-0.2, 0) is 17.9 Å². The van der Waals surface area contributed by atoms with Gasteiger partial charge in [-0.2, -0.15) is 9.78 Å². The molecule has 3 heterocycles. The molecule has 32 heavy (non-hydrogen) atoms. The number of aromatic nitrogens is 6. The number of aryl methyl sites for hydroxylation is 2. The average molecular weight is 457 g/mol. The Balaban J connectivity index is 1.40. The SMILES string of the molecule is Cc1nnn(Cc2cc(Cl)ccc2C=CC(=O)N2CCN(Cc3noc(C)n3)C[C@H]2C)n1. The zero-order chi connectivity index (χ0) is 22.7. The molecule has 1 saturated heterocycles. The van der Waals surface area contributed by atoms with E-state index in [2.05, 4.69) is 30.5 Å². The monoisotopic (exact) mass is 456 g/mol. The Bertz CT molecular complexity index is 1120. The van der Waals surface area contributed by atoms with E-state index >= 15 is 0 Å². The predicted octanol–water partition coefficient (Wildman–Crippen LogP) is 2.12. The number of hydrogen-bond donors (Lipinski definition) is 0. The lowest BCUT2D eigenvalue weighted by Gasteiger charge is -2.39. The lowest BCUT2D eigenvalue weighted by molar-refractivity contribution is -0.130. The van der Waals surface area contributed by atoms with Gasteiger partial charge < -0.3 is 9.42 Å². The molecule has 0 N–H and O–H groups in total. The number of rotatable bonds is 6. The maximum Gasteiger partial charge on any atom is 0.246 e. The molecule has 1 atom stereocenters. The first-order valence-corrected chi connectivity index (χ1v) is 10.8. The van der Waals surface area contributed by atoms with Crippen LogP contribution in [-0.4, -0.2) is 71.7 Å². The number of carbonyl (C=O) groups is 1. The van der Waals surface area contributed by atoms with Gasteiger partial charge in [0, 0.05) is 43.7 Å². The van der Waals surface area contributed by atoms with Gasteiger partial charge in [-0.3, -0.25) is 9.69 Å². The van der Waals surface area contributed by atoms with Crippen molar-refractivity contribution in [1.29, 1.82) is 0 Å². The van der Waals surface area contributed by atoms with Crippen molar-refractivity contribution in [1.82, 2.24) is 40.1 Å². The molecule has 1 aliphatic heterocycles. The third kappa shape index (κ3) is 5.38. The summed E-state index contributed by atoms with van der Waals surface area (Å²) in [4.78, 5) is 22.8. The van der Waals surface area contributed by atoms with E-state index < -0.39 is 0 Å². The molecular weight excluding hydrogens is 432 g/mol. The van der Waals surface area contributed by atoms with Crippen molar-refractivity contribution in [3.63, 3.8) is 0 Å². The molecule has 0 spiro atoms. The molecule has 168 valence electrons. The lowest BCUT2D eigenvalue weighted by atomic mass is 10.1. The third-order valence-electron chi connectivity index (χ3n) is 5.30. The largest absolute Gasteiger partial charge is 0.340 e. The molecule has 10 nitrogen and oxygen atoms in total. The summed E-state index contributed by atoms with van der Waals surface area (Å²) in [6.45, 7) is 8.77. The summed E-state index contributed by atoms with van der Waals surface area (Å²) >= 11 is 6.18. The first-order valence-electron chi connectivity index (χ1n) is 10.4. The van der Waals surface area contributed by atoms with Gasteiger partial charge in [0.25, 0.3) is 0 Å². The Morgan fingerprint density at radius 3 is 2.81 bits per heavy atom. The first-order chi connectivity index (χ1) is 15.4. The van der Waals surface area contributed by atoms with Gasteiger partial charge in [0.15, 0.2) is 11.6 Å². The zero-order valence-electron chi connectivity index (χ0n) is 18.3. The summed E-state index contributed by atoms with van der Waals surface area (Å²) in [5.74, 6) is 1.80. The number of nitrogens with zero attached hydrogens (tertiary/aromatic N) is 8.